The fraction of sp³-hybridized carbons (Fsp3) is 0. The average Bonchev–Trinajstić information content (AvgIpc) is 2.55. The molecule has 0 fully saturated rings. The van der Waals surface area contributed by atoms with Gasteiger partial charge in [-0.05, 0) is 28.1 Å². The largest absolute Gasteiger partial charge is 0.357 e. The molecule has 4 aromatic rings. The maximum Gasteiger partial charge on any atom is 0.357 e. The quantitative estimate of drug-likeness (QED) is 0.390. The Labute approximate surface area is 133 Å². The Balaban J connectivity index is 2.17. The van der Waals surface area contributed by atoms with Crippen LogP contribution in [0.2, 0.25) is 0 Å². The Morgan fingerprint density at radius 1 is 0.864 bits per heavy atom. The Kier molecular flexibility index (Phi) is 2.97. The number of nitrogens with zero attached hydrogens (tertiary/aromatic N) is 4. The van der Waals surface area contributed by atoms with Crippen molar-refractivity contribution < 1.29 is 0 Å². The molecule has 0 spiro atoms. The second-order valence-corrected chi connectivity index (χ2v) is 5.46. The van der Waals surface area contributed by atoms with Gasteiger partial charge < -0.3 is 0 Å². The minimum Gasteiger partial charge on any atom is -0.245 e. The molecule has 6 heteroatoms. The Morgan fingerprint density at radius 3 is 2.41 bits per heavy atom. The normalized spacial score (nSPS) is 11.1. The highest BCUT2D eigenvalue weighted by Gasteiger charge is 2.12. The predicted octanol–water partition coefficient (Wildman–Crippen LogP) is 3.07. The lowest BCUT2D eigenvalue weighted by molar-refractivity contribution is 0.905. The molecule has 0 radical (unpaired) electrons. The molecule has 0 bridgehead atoms. The smallest absolute Gasteiger partial charge is 0.245 e. The zero-order valence-electron chi connectivity index (χ0n) is 11.3. The molecule has 0 N–H and O–H groups in total. The molecule has 0 saturated carbocycles. The summed E-state index contributed by atoms with van der Waals surface area (Å²) < 4.78 is 1.76. The molecule has 0 unspecified atom stereocenters. The first-order valence-corrected chi connectivity index (χ1v) is 7.44. The highest BCUT2D eigenvalue weighted by atomic mass is 79.9. The van der Waals surface area contributed by atoms with Gasteiger partial charge in [0.1, 0.15) is 0 Å². The summed E-state index contributed by atoms with van der Waals surface area (Å²) in [5.41, 5.74) is 1.70. The molecule has 2 heterocycles. The third-order valence-corrected chi connectivity index (χ3v) is 3.92. The van der Waals surface area contributed by atoms with Gasteiger partial charge in [-0.25, -0.2) is 19.2 Å². The predicted molar refractivity (Wildman–Crippen MR) is 87.7 cm³/mol. The van der Waals surface area contributed by atoms with Crippen molar-refractivity contribution in [1.29, 1.82) is 0 Å². The number of rotatable bonds is 1. The lowest BCUT2D eigenvalue weighted by Crippen LogP contribution is -2.21. The maximum absolute atomic E-state index is 12.4. The number of aromatic nitrogens is 4. The molecule has 0 atom stereocenters. The van der Waals surface area contributed by atoms with E-state index in [1.165, 1.54) is 4.40 Å². The molecule has 0 aliphatic carbocycles. The van der Waals surface area contributed by atoms with Gasteiger partial charge in [0.15, 0.2) is 16.2 Å². The standard InChI is InChI=1S/C16H9BrN4O/c17-15-18-12-9-5-4-8-11(12)14-19-13(20-16(22)21(14)15)10-6-2-1-3-7-10/h1-9H. The summed E-state index contributed by atoms with van der Waals surface area (Å²) in [4.78, 5) is 25.4. The number of hydrogen-bond acceptors (Lipinski definition) is 4. The van der Waals surface area contributed by atoms with Crippen molar-refractivity contribution in [3.05, 3.63) is 69.8 Å². The zero-order chi connectivity index (χ0) is 15.1. The Bertz CT molecular complexity index is 1060. The fourth-order valence-corrected chi connectivity index (χ4v) is 2.89. The van der Waals surface area contributed by atoms with Gasteiger partial charge >= 0.3 is 5.69 Å². The summed E-state index contributed by atoms with van der Waals surface area (Å²) in [6.07, 6.45) is 0. The minimum atomic E-state index is -0.408. The molecule has 5 nitrogen and oxygen atoms in total. The van der Waals surface area contributed by atoms with Crippen molar-refractivity contribution in [2.75, 3.05) is 0 Å². The van der Waals surface area contributed by atoms with E-state index in [2.05, 4.69) is 30.9 Å². The molecule has 0 aliphatic heterocycles. The number of hydrogen-bond donors (Lipinski definition) is 0. The van der Waals surface area contributed by atoms with E-state index in [9.17, 15) is 4.79 Å². The first kappa shape index (κ1) is 13.1. The highest BCUT2D eigenvalue weighted by Crippen LogP contribution is 2.21. The van der Waals surface area contributed by atoms with Crippen LogP contribution < -0.4 is 5.69 Å². The highest BCUT2D eigenvalue weighted by molar-refractivity contribution is 9.10. The molecule has 4 rings (SSSR count). The first-order valence-electron chi connectivity index (χ1n) is 6.64. The van der Waals surface area contributed by atoms with Crippen molar-refractivity contribution in [2.45, 2.75) is 0 Å². The number of fused-ring (bicyclic) bond motifs is 3. The molecule has 22 heavy (non-hydrogen) atoms. The second-order valence-electron chi connectivity index (χ2n) is 4.75. The Hall–Kier alpha value is -2.60. The van der Waals surface area contributed by atoms with E-state index in [0.717, 1.165) is 16.5 Å². The molecular formula is C16H9BrN4O. The topological polar surface area (TPSA) is 60.2 Å². The second kappa shape index (κ2) is 4.99. The van der Waals surface area contributed by atoms with E-state index >= 15 is 0 Å². The Morgan fingerprint density at radius 2 is 1.59 bits per heavy atom. The van der Waals surface area contributed by atoms with Gasteiger partial charge in [-0.2, -0.15) is 4.98 Å². The first-order chi connectivity index (χ1) is 10.7. The summed E-state index contributed by atoms with van der Waals surface area (Å²) in [7, 11) is 0. The van der Waals surface area contributed by atoms with Crippen LogP contribution in [-0.2, 0) is 0 Å². The summed E-state index contributed by atoms with van der Waals surface area (Å²) in [6, 6.07) is 17.0. The molecule has 2 aromatic heterocycles. The van der Waals surface area contributed by atoms with Crippen molar-refractivity contribution in [1.82, 2.24) is 19.4 Å². The number of halogens is 1. The monoisotopic (exact) mass is 352 g/mol. The molecule has 2 aromatic carbocycles. The maximum atomic E-state index is 12.4. The van der Waals surface area contributed by atoms with Crippen LogP contribution in [0.25, 0.3) is 27.9 Å². The molecule has 106 valence electrons. The summed E-state index contributed by atoms with van der Waals surface area (Å²) in [5.74, 6) is 0.411. The van der Waals surface area contributed by atoms with E-state index in [4.69, 9.17) is 0 Å². The molecular weight excluding hydrogens is 344 g/mol. The van der Waals surface area contributed by atoms with Crippen molar-refractivity contribution in [3.63, 3.8) is 0 Å². The number of para-hydroxylation sites is 1. The van der Waals surface area contributed by atoms with Gasteiger partial charge in [0.2, 0.25) is 0 Å². The number of benzene rings is 2. The van der Waals surface area contributed by atoms with E-state index in [1.807, 2.05) is 54.6 Å². The van der Waals surface area contributed by atoms with Crippen LogP contribution in [0.4, 0.5) is 0 Å². The van der Waals surface area contributed by atoms with Gasteiger partial charge in [0.25, 0.3) is 0 Å². The average molecular weight is 353 g/mol. The van der Waals surface area contributed by atoms with Crippen LogP contribution in [0.5, 0.6) is 0 Å². The zero-order valence-corrected chi connectivity index (χ0v) is 12.9. The van der Waals surface area contributed by atoms with Gasteiger partial charge in [-0.1, -0.05) is 42.5 Å². The van der Waals surface area contributed by atoms with E-state index in [1.54, 1.807) is 0 Å². The van der Waals surface area contributed by atoms with E-state index in [0.29, 0.717) is 16.2 Å². The molecule has 0 saturated heterocycles. The summed E-state index contributed by atoms with van der Waals surface area (Å²) in [5, 5.41) is 0.808. The van der Waals surface area contributed by atoms with Crippen LogP contribution in [-0.4, -0.2) is 19.4 Å². The lowest BCUT2D eigenvalue weighted by Gasteiger charge is -2.07. The van der Waals surface area contributed by atoms with Crippen molar-refractivity contribution in [2.24, 2.45) is 0 Å². The van der Waals surface area contributed by atoms with Crippen LogP contribution >= 0.6 is 15.9 Å². The fourth-order valence-electron chi connectivity index (χ4n) is 2.38. The lowest BCUT2D eigenvalue weighted by atomic mass is 10.2. The van der Waals surface area contributed by atoms with Gasteiger partial charge in [-0.15, -0.1) is 0 Å². The van der Waals surface area contributed by atoms with Crippen LogP contribution in [0.15, 0.2) is 64.1 Å². The third kappa shape index (κ3) is 2.00. The van der Waals surface area contributed by atoms with Crippen molar-refractivity contribution >= 4 is 32.5 Å². The van der Waals surface area contributed by atoms with Crippen LogP contribution in [0, 0.1) is 0 Å². The van der Waals surface area contributed by atoms with Gasteiger partial charge in [0.05, 0.1) is 5.52 Å². The molecule has 0 aliphatic rings. The van der Waals surface area contributed by atoms with Crippen molar-refractivity contribution in [3.8, 4) is 11.4 Å². The van der Waals surface area contributed by atoms with Crippen LogP contribution in [0.3, 0.4) is 0 Å². The van der Waals surface area contributed by atoms with Gasteiger partial charge in [0, 0.05) is 10.9 Å². The van der Waals surface area contributed by atoms with E-state index < -0.39 is 5.69 Å². The third-order valence-electron chi connectivity index (χ3n) is 3.39. The molecule has 0 amide bonds. The summed E-state index contributed by atoms with van der Waals surface area (Å²) >= 11 is 3.32. The van der Waals surface area contributed by atoms with Gasteiger partial charge in [-0.3, -0.25) is 0 Å². The SMILES string of the molecule is O=c1nc(-c2ccccc2)nc2c3ccccc3nc(Br)n12. The van der Waals surface area contributed by atoms with Crippen LogP contribution in [0.1, 0.15) is 0 Å². The minimum absolute atomic E-state index is 0.394. The van der Waals surface area contributed by atoms with E-state index in [-0.39, 0.29) is 0 Å². The summed E-state index contributed by atoms with van der Waals surface area (Å²) in [6.45, 7) is 0.